The Morgan fingerprint density at radius 1 is 0.300 bits per heavy atom. The molecule has 0 heterocycles. The molecule has 78 valence electrons. The maximum Gasteiger partial charge on any atom is 0 e. The van der Waals surface area contributed by atoms with E-state index < -0.39 is 0 Å². The predicted octanol–water partition coefficient (Wildman–Crippen LogP) is -3.69. The van der Waals surface area contributed by atoms with Crippen molar-refractivity contribution in [1.82, 2.24) is 0 Å². The van der Waals surface area contributed by atoms with Crippen molar-refractivity contribution in [3.63, 3.8) is 0 Å². The molecule has 0 unspecified atom stereocenters. The van der Waals surface area contributed by atoms with Crippen molar-refractivity contribution in [2.45, 2.75) is 0 Å². The van der Waals surface area contributed by atoms with Gasteiger partial charge in [-0.25, -0.2) is 0 Å². The van der Waals surface area contributed by atoms with Gasteiger partial charge in [0.15, 0.2) is 0 Å². The first-order valence-electron chi connectivity index (χ1n) is 0. The molecular formula is H15Cl3CrO6. The zero-order valence-electron chi connectivity index (χ0n) is 4.63. The first kappa shape index (κ1) is 853. The van der Waals surface area contributed by atoms with E-state index in [0.29, 0.717) is 0 Å². The van der Waals surface area contributed by atoms with Crippen molar-refractivity contribution in [3.05, 3.63) is 0 Å². The molecule has 0 amide bonds. The maximum absolute atomic E-state index is 0. The molecule has 0 bridgehead atoms. The second kappa shape index (κ2) is 631. The Morgan fingerprint density at radius 3 is 0.300 bits per heavy atom. The number of hydrogen-bond acceptors (Lipinski definition) is 0. The average Bonchev–Trinajstić information content (AvgIpc) is 0. The third kappa shape index (κ3) is 452. The fourth-order valence-electron chi connectivity index (χ4n) is 0. The van der Waals surface area contributed by atoms with Crippen molar-refractivity contribution >= 4 is 37.2 Å². The van der Waals surface area contributed by atoms with Gasteiger partial charge in [-0.15, -0.1) is 37.2 Å². The molecule has 0 aromatic rings. The molecule has 0 rings (SSSR count). The zero-order valence-corrected chi connectivity index (χ0v) is 8.36. The Morgan fingerprint density at radius 2 is 0.300 bits per heavy atom. The Hall–Kier alpha value is 1.16. The van der Waals surface area contributed by atoms with Gasteiger partial charge in [-0.05, 0) is 0 Å². The second-order valence-corrected chi connectivity index (χ2v) is 0. The van der Waals surface area contributed by atoms with E-state index in [9.17, 15) is 0 Å². The zero-order chi connectivity index (χ0) is 0. The van der Waals surface area contributed by atoms with Crippen molar-refractivity contribution in [3.8, 4) is 0 Å². The summed E-state index contributed by atoms with van der Waals surface area (Å²) in [5, 5.41) is 0. The van der Waals surface area contributed by atoms with Gasteiger partial charge in [0.25, 0.3) is 0 Å². The van der Waals surface area contributed by atoms with E-state index in [1.165, 1.54) is 0 Å². The molecule has 12 N–H and O–H groups in total. The molecule has 0 aromatic carbocycles. The number of hydrogen-bond donors (Lipinski definition) is 0. The normalized spacial score (nSPS) is 0. The predicted molar refractivity (Wildman–Crippen MR) is 43.4 cm³/mol. The van der Waals surface area contributed by atoms with Crippen LogP contribution in [0.4, 0.5) is 0 Å². The number of rotatable bonds is 0. The van der Waals surface area contributed by atoms with Gasteiger partial charge >= 0.3 is 0 Å². The quantitative estimate of drug-likeness (QED) is 0.419. The Kier molecular flexibility index (Phi) is 53900. The van der Waals surface area contributed by atoms with Crippen LogP contribution in [0.2, 0.25) is 0 Å². The second-order valence-electron chi connectivity index (χ2n) is 0. The summed E-state index contributed by atoms with van der Waals surface area (Å²) in [5.41, 5.74) is 0. The summed E-state index contributed by atoms with van der Waals surface area (Å²) in [4.78, 5) is 0. The van der Waals surface area contributed by atoms with Gasteiger partial charge in [0.05, 0.1) is 0 Å². The summed E-state index contributed by atoms with van der Waals surface area (Å²) in [6, 6.07) is 0. The van der Waals surface area contributed by atoms with Gasteiger partial charge in [-0.3, -0.25) is 0 Å². The summed E-state index contributed by atoms with van der Waals surface area (Å²) in [6.45, 7) is 0. The molecule has 6 nitrogen and oxygen atoms in total. The van der Waals surface area contributed by atoms with Crippen molar-refractivity contribution in [1.29, 1.82) is 0 Å². The van der Waals surface area contributed by atoms with Crippen LogP contribution in [0, 0.1) is 0 Å². The van der Waals surface area contributed by atoms with Crippen molar-refractivity contribution in [2.75, 3.05) is 0 Å². The smallest absolute Gasteiger partial charge is 0 e. The first-order valence-corrected chi connectivity index (χ1v) is 0. The van der Waals surface area contributed by atoms with Crippen LogP contribution in [0.15, 0.2) is 0 Å². The van der Waals surface area contributed by atoms with Gasteiger partial charge in [0.2, 0.25) is 0 Å². The maximum atomic E-state index is 0. The van der Waals surface area contributed by atoms with E-state index >= 15 is 0 Å². The first-order chi connectivity index (χ1) is 0. The van der Waals surface area contributed by atoms with Crippen LogP contribution in [0.3, 0.4) is 0 Å². The summed E-state index contributed by atoms with van der Waals surface area (Å²) in [5.74, 6) is 0. The minimum absolute atomic E-state index is 0. The standard InChI is InChI=1S/3ClH.Cr.6H2O/h3*1H;;6*1H2. The van der Waals surface area contributed by atoms with Crippen LogP contribution in [-0.4, -0.2) is 32.9 Å². The third-order valence-corrected chi connectivity index (χ3v) is 0. The molecule has 0 aromatic heterocycles. The molecule has 0 aliphatic heterocycles. The van der Waals surface area contributed by atoms with Gasteiger partial charge in [0.1, 0.15) is 0 Å². The minimum Gasteiger partial charge on any atom is -0.412 e. The Labute approximate surface area is 87.6 Å². The Bertz CT molecular complexity index is 13.0. The number of halogens is 3. The van der Waals surface area contributed by atoms with Crippen LogP contribution in [0.5, 0.6) is 0 Å². The fraction of sp³-hybridized carbons (Fsp3) is 0. The van der Waals surface area contributed by atoms with E-state index in [0.717, 1.165) is 0 Å². The minimum atomic E-state index is 0. The molecule has 0 saturated heterocycles. The topological polar surface area (TPSA) is 189 Å². The summed E-state index contributed by atoms with van der Waals surface area (Å²) >= 11 is 0. The average molecular weight is 269 g/mol. The molecule has 10 heteroatoms. The molecule has 0 radical (unpaired) electrons. The van der Waals surface area contributed by atoms with Crippen LogP contribution in [0.1, 0.15) is 0 Å². The van der Waals surface area contributed by atoms with Gasteiger partial charge < -0.3 is 32.9 Å². The van der Waals surface area contributed by atoms with E-state index in [1.54, 1.807) is 0 Å². The van der Waals surface area contributed by atoms with Gasteiger partial charge in [0, 0.05) is 17.4 Å². The summed E-state index contributed by atoms with van der Waals surface area (Å²) in [7, 11) is 0. The van der Waals surface area contributed by atoms with Crippen molar-refractivity contribution < 1.29 is 50.2 Å². The van der Waals surface area contributed by atoms with Crippen molar-refractivity contribution in [2.24, 2.45) is 0 Å². The molecule has 0 fully saturated rings. The monoisotopic (exact) mass is 268 g/mol. The van der Waals surface area contributed by atoms with Gasteiger partial charge in [-0.1, -0.05) is 0 Å². The van der Waals surface area contributed by atoms with Gasteiger partial charge in [-0.2, -0.15) is 0 Å². The van der Waals surface area contributed by atoms with E-state index in [4.69, 9.17) is 0 Å². The third-order valence-electron chi connectivity index (χ3n) is 0. The summed E-state index contributed by atoms with van der Waals surface area (Å²) < 4.78 is 0. The summed E-state index contributed by atoms with van der Waals surface area (Å²) in [6.07, 6.45) is 0. The fourth-order valence-corrected chi connectivity index (χ4v) is 0. The molecule has 0 aliphatic rings. The Balaban J connectivity index is 0. The van der Waals surface area contributed by atoms with E-state index in [1.807, 2.05) is 0 Å². The molecular weight excluding hydrogens is 254 g/mol. The molecule has 0 atom stereocenters. The molecule has 10 heavy (non-hydrogen) atoms. The van der Waals surface area contributed by atoms with Crippen LogP contribution in [0.25, 0.3) is 0 Å². The molecule has 0 aliphatic carbocycles. The van der Waals surface area contributed by atoms with Crippen LogP contribution in [-0.2, 0) is 17.4 Å². The van der Waals surface area contributed by atoms with E-state index in [2.05, 4.69) is 0 Å². The largest absolute Gasteiger partial charge is 0.412 e. The van der Waals surface area contributed by atoms with Crippen LogP contribution < -0.4 is 0 Å². The molecule has 0 spiro atoms. The van der Waals surface area contributed by atoms with Crippen LogP contribution >= 0.6 is 37.2 Å². The molecule has 0 saturated carbocycles. The van der Waals surface area contributed by atoms with E-state index in [-0.39, 0.29) is 87.4 Å². The SMILES string of the molecule is Cl.Cl.Cl.O.O.O.O.O.O.[Cr].